The molecular weight excluding hydrogens is 354 g/mol. The lowest BCUT2D eigenvalue weighted by Crippen LogP contribution is -2.19. The molecule has 1 aromatic heterocycles. The van der Waals surface area contributed by atoms with Gasteiger partial charge in [0.25, 0.3) is 5.91 Å². The summed E-state index contributed by atoms with van der Waals surface area (Å²) in [4.78, 5) is 17.5. The van der Waals surface area contributed by atoms with Crippen LogP contribution in [0, 0.1) is 13.8 Å². The number of thioether (sulfide) groups is 1. The SMILES string of the molecule is Cc1cccc(N=C2NC(=O)/C(=C\c3cc(C)n(-c4ccccc4)c3)S2)c1. The molecule has 134 valence electrons. The first kappa shape index (κ1) is 17.4. The summed E-state index contributed by atoms with van der Waals surface area (Å²) in [5.41, 5.74) is 5.19. The van der Waals surface area contributed by atoms with Crippen LogP contribution < -0.4 is 5.32 Å². The van der Waals surface area contributed by atoms with E-state index in [1.54, 1.807) is 0 Å². The summed E-state index contributed by atoms with van der Waals surface area (Å²) < 4.78 is 2.12. The van der Waals surface area contributed by atoms with Crippen LogP contribution in [0.25, 0.3) is 11.8 Å². The molecule has 0 spiro atoms. The number of hydrogen-bond donors (Lipinski definition) is 1. The highest BCUT2D eigenvalue weighted by molar-refractivity contribution is 8.18. The number of carbonyl (C=O) groups is 1. The van der Waals surface area contributed by atoms with Crippen molar-refractivity contribution in [2.75, 3.05) is 0 Å². The van der Waals surface area contributed by atoms with E-state index in [1.807, 2.05) is 61.7 Å². The summed E-state index contributed by atoms with van der Waals surface area (Å²) in [6, 6.07) is 20.1. The molecule has 1 aliphatic heterocycles. The molecule has 27 heavy (non-hydrogen) atoms. The van der Waals surface area contributed by atoms with Crippen LogP contribution in [0.15, 0.2) is 76.8 Å². The molecule has 1 saturated heterocycles. The van der Waals surface area contributed by atoms with E-state index in [0.29, 0.717) is 10.1 Å². The summed E-state index contributed by atoms with van der Waals surface area (Å²) in [7, 11) is 0. The Kier molecular flexibility index (Phi) is 4.69. The highest BCUT2D eigenvalue weighted by Crippen LogP contribution is 2.29. The van der Waals surface area contributed by atoms with E-state index in [9.17, 15) is 4.79 Å². The average Bonchev–Trinajstić information content (AvgIpc) is 3.18. The molecule has 2 heterocycles. The second-order valence-electron chi connectivity index (χ2n) is 6.44. The van der Waals surface area contributed by atoms with Crippen molar-refractivity contribution >= 4 is 34.6 Å². The van der Waals surface area contributed by atoms with Gasteiger partial charge in [-0.1, -0.05) is 30.3 Å². The minimum absolute atomic E-state index is 0.114. The van der Waals surface area contributed by atoms with E-state index in [0.717, 1.165) is 28.2 Å². The molecule has 1 N–H and O–H groups in total. The first-order valence-electron chi connectivity index (χ1n) is 8.69. The predicted molar refractivity (Wildman–Crippen MR) is 112 cm³/mol. The summed E-state index contributed by atoms with van der Waals surface area (Å²) in [6.07, 6.45) is 3.95. The van der Waals surface area contributed by atoms with Crippen molar-refractivity contribution in [3.8, 4) is 5.69 Å². The number of para-hydroxylation sites is 1. The molecule has 4 nitrogen and oxygen atoms in total. The van der Waals surface area contributed by atoms with Crippen molar-refractivity contribution in [1.82, 2.24) is 9.88 Å². The maximum atomic E-state index is 12.3. The smallest absolute Gasteiger partial charge is 0.264 e. The Morgan fingerprint density at radius 1 is 1.04 bits per heavy atom. The van der Waals surface area contributed by atoms with Crippen molar-refractivity contribution in [3.05, 3.63) is 88.6 Å². The molecule has 0 unspecified atom stereocenters. The third-order valence-corrected chi connectivity index (χ3v) is 5.16. The van der Waals surface area contributed by atoms with Gasteiger partial charge in [0.2, 0.25) is 0 Å². The van der Waals surface area contributed by atoms with Gasteiger partial charge < -0.3 is 9.88 Å². The second kappa shape index (κ2) is 7.29. The molecular formula is C22H19N3OS. The zero-order chi connectivity index (χ0) is 18.8. The third-order valence-electron chi connectivity index (χ3n) is 4.25. The van der Waals surface area contributed by atoms with Crippen molar-refractivity contribution in [1.29, 1.82) is 0 Å². The van der Waals surface area contributed by atoms with Crippen LogP contribution in [0.5, 0.6) is 0 Å². The standard InChI is InChI=1S/C22H19N3OS/c1-15-7-6-8-18(11-15)23-22-24-21(26)20(27-22)13-17-12-16(2)25(14-17)19-9-4-3-5-10-19/h3-14H,1-2H3,(H,23,24,26)/b20-13+. The van der Waals surface area contributed by atoms with Gasteiger partial charge in [0.15, 0.2) is 5.17 Å². The lowest BCUT2D eigenvalue weighted by Gasteiger charge is -2.04. The maximum Gasteiger partial charge on any atom is 0.264 e. The fourth-order valence-corrected chi connectivity index (χ4v) is 3.83. The zero-order valence-corrected chi connectivity index (χ0v) is 16.0. The highest BCUT2D eigenvalue weighted by atomic mass is 32.2. The van der Waals surface area contributed by atoms with E-state index >= 15 is 0 Å². The molecule has 3 aromatic rings. The maximum absolute atomic E-state index is 12.3. The minimum Gasteiger partial charge on any atom is -0.321 e. The number of rotatable bonds is 3. The molecule has 0 radical (unpaired) electrons. The molecule has 1 amide bonds. The molecule has 4 rings (SSSR count). The van der Waals surface area contributed by atoms with Crippen LogP contribution in [0.3, 0.4) is 0 Å². The number of carbonyl (C=O) groups excluding carboxylic acids is 1. The third kappa shape index (κ3) is 3.88. The normalized spacial score (nSPS) is 16.9. The van der Waals surface area contributed by atoms with Gasteiger partial charge in [0.05, 0.1) is 10.6 Å². The second-order valence-corrected chi connectivity index (χ2v) is 7.47. The van der Waals surface area contributed by atoms with Crippen molar-refractivity contribution in [2.24, 2.45) is 4.99 Å². The molecule has 1 aliphatic rings. The van der Waals surface area contributed by atoms with E-state index in [2.05, 4.69) is 40.0 Å². The van der Waals surface area contributed by atoms with Crippen LogP contribution in [0.1, 0.15) is 16.8 Å². The Labute approximate surface area is 162 Å². The van der Waals surface area contributed by atoms with Gasteiger partial charge >= 0.3 is 0 Å². The van der Waals surface area contributed by atoms with Crippen LogP contribution >= 0.6 is 11.8 Å². The number of amidine groups is 1. The molecule has 5 heteroatoms. The summed E-state index contributed by atoms with van der Waals surface area (Å²) in [5, 5.41) is 3.45. The molecule has 0 bridgehead atoms. The number of amides is 1. The monoisotopic (exact) mass is 373 g/mol. The Hall–Kier alpha value is -3.05. The number of aryl methyl sites for hydroxylation is 2. The van der Waals surface area contributed by atoms with E-state index in [-0.39, 0.29) is 5.91 Å². The van der Waals surface area contributed by atoms with Crippen LogP contribution in [0.2, 0.25) is 0 Å². The van der Waals surface area contributed by atoms with Gasteiger partial charge in [-0.25, -0.2) is 4.99 Å². The number of benzene rings is 2. The number of aromatic nitrogens is 1. The fraction of sp³-hybridized carbons (Fsp3) is 0.0909. The average molecular weight is 373 g/mol. The Balaban J connectivity index is 1.59. The molecule has 0 atom stereocenters. The number of nitrogens with one attached hydrogen (secondary N) is 1. The number of aliphatic imine (C=N–C) groups is 1. The quantitative estimate of drug-likeness (QED) is 0.658. The van der Waals surface area contributed by atoms with Crippen molar-refractivity contribution in [2.45, 2.75) is 13.8 Å². The van der Waals surface area contributed by atoms with Crippen molar-refractivity contribution < 1.29 is 4.79 Å². The topological polar surface area (TPSA) is 46.4 Å². The lowest BCUT2D eigenvalue weighted by molar-refractivity contribution is -0.115. The highest BCUT2D eigenvalue weighted by Gasteiger charge is 2.24. The first-order valence-corrected chi connectivity index (χ1v) is 9.51. The summed E-state index contributed by atoms with van der Waals surface area (Å²) in [5.74, 6) is -0.114. The van der Waals surface area contributed by atoms with Crippen LogP contribution in [-0.4, -0.2) is 15.6 Å². The van der Waals surface area contributed by atoms with Crippen molar-refractivity contribution in [3.63, 3.8) is 0 Å². The largest absolute Gasteiger partial charge is 0.321 e. The Morgan fingerprint density at radius 2 is 1.85 bits per heavy atom. The molecule has 1 fully saturated rings. The predicted octanol–water partition coefficient (Wildman–Crippen LogP) is 4.99. The Morgan fingerprint density at radius 3 is 2.63 bits per heavy atom. The summed E-state index contributed by atoms with van der Waals surface area (Å²) in [6.45, 7) is 4.08. The summed E-state index contributed by atoms with van der Waals surface area (Å²) >= 11 is 1.37. The van der Waals surface area contributed by atoms with Gasteiger partial charge in [-0.3, -0.25) is 4.79 Å². The number of hydrogen-bond acceptors (Lipinski definition) is 3. The lowest BCUT2D eigenvalue weighted by atomic mass is 10.2. The van der Waals surface area contributed by atoms with Gasteiger partial charge in [-0.15, -0.1) is 0 Å². The van der Waals surface area contributed by atoms with Gasteiger partial charge in [0, 0.05) is 17.6 Å². The van der Waals surface area contributed by atoms with Gasteiger partial charge in [-0.05, 0) is 73.1 Å². The van der Waals surface area contributed by atoms with Gasteiger partial charge in [0.1, 0.15) is 0 Å². The zero-order valence-electron chi connectivity index (χ0n) is 15.1. The van der Waals surface area contributed by atoms with E-state index in [1.165, 1.54) is 11.8 Å². The number of nitrogens with zero attached hydrogens (tertiary/aromatic N) is 2. The fourth-order valence-electron chi connectivity index (χ4n) is 2.99. The van der Waals surface area contributed by atoms with Crippen LogP contribution in [-0.2, 0) is 4.79 Å². The molecule has 0 aliphatic carbocycles. The minimum atomic E-state index is -0.114. The molecule has 2 aromatic carbocycles. The van der Waals surface area contributed by atoms with Gasteiger partial charge in [-0.2, -0.15) is 0 Å². The van der Waals surface area contributed by atoms with E-state index < -0.39 is 0 Å². The van der Waals surface area contributed by atoms with Crippen LogP contribution in [0.4, 0.5) is 5.69 Å². The van der Waals surface area contributed by atoms with E-state index in [4.69, 9.17) is 0 Å². The first-order chi connectivity index (χ1) is 13.1. The molecule has 0 saturated carbocycles. The Bertz CT molecular complexity index is 1060.